The average molecular weight is 196 g/mol. The van der Waals surface area contributed by atoms with E-state index in [2.05, 4.69) is 4.98 Å². The molecule has 12 heavy (non-hydrogen) atoms. The highest BCUT2D eigenvalue weighted by Gasteiger charge is 2.03. The Balaban J connectivity index is 2.43. The van der Waals surface area contributed by atoms with Crippen molar-refractivity contribution in [3.05, 3.63) is 23.2 Å². The molecule has 0 saturated heterocycles. The van der Waals surface area contributed by atoms with E-state index in [-0.39, 0.29) is 0 Å². The molecule has 0 unspecified atom stereocenters. The van der Waals surface area contributed by atoms with Crippen LogP contribution in [0.1, 0.15) is 5.69 Å². The number of hydrogen-bond donors (Lipinski definition) is 1. The van der Waals surface area contributed by atoms with Crippen molar-refractivity contribution in [3.8, 4) is 9.88 Å². The van der Waals surface area contributed by atoms with Gasteiger partial charge in [-0.15, -0.1) is 22.7 Å². The highest BCUT2D eigenvalue weighted by molar-refractivity contribution is 7.23. The van der Waals surface area contributed by atoms with Gasteiger partial charge in [0.15, 0.2) is 0 Å². The Hall–Kier alpha value is -0.870. The molecule has 0 radical (unpaired) electrons. The minimum Gasteiger partial charge on any atom is -0.391 e. The van der Waals surface area contributed by atoms with Crippen molar-refractivity contribution in [1.82, 2.24) is 4.98 Å². The first-order valence-electron chi connectivity index (χ1n) is 3.53. The number of hydrogen-bond acceptors (Lipinski definition) is 4. The molecule has 0 fully saturated rings. The molecule has 0 aliphatic heterocycles. The van der Waals surface area contributed by atoms with Crippen LogP contribution in [0.5, 0.6) is 0 Å². The number of aromatic nitrogens is 1. The summed E-state index contributed by atoms with van der Waals surface area (Å²) < 4.78 is 0. The number of thiophene rings is 1. The second-order valence-electron chi connectivity index (χ2n) is 2.50. The van der Waals surface area contributed by atoms with Crippen LogP contribution >= 0.6 is 22.7 Å². The number of nitrogens with zero attached hydrogens (tertiary/aromatic N) is 1. The molecule has 2 rings (SSSR count). The van der Waals surface area contributed by atoms with Crippen LogP contribution in [0.4, 0.5) is 5.00 Å². The van der Waals surface area contributed by atoms with Crippen molar-refractivity contribution in [3.63, 3.8) is 0 Å². The lowest BCUT2D eigenvalue weighted by molar-refractivity contribution is 1.27. The average Bonchev–Trinajstić information content (AvgIpc) is 2.58. The van der Waals surface area contributed by atoms with Crippen LogP contribution in [0.15, 0.2) is 17.5 Å². The fraction of sp³-hybridized carbons (Fsp3) is 0.125. The molecule has 4 heteroatoms. The molecule has 0 bridgehead atoms. The van der Waals surface area contributed by atoms with Gasteiger partial charge in [-0.05, 0) is 19.1 Å². The largest absolute Gasteiger partial charge is 0.391 e. The van der Waals surface area contributed by atoms with E-state index in [1.807, 2.05) is 24.4 Å². The summed E-state index contributed by atoms with van der Waals surface area (Å²) in [6, 6.07) is 3.93. The molecular formula is C8H8N2S2. The molecule has 2 aromatic heterocycles. The standard InChI is InChI=1S/C8H8N2S2/c1-5-4-11-8(10-5)6-2-3-7(9)12-6/h2-4H,9H2,1H3. The van der Waals surface area contributed by atoms with Gasteiger partial charge in [-0.1, -0.05) is 0 Å². The molecule has 0 saturated carbocycles. The summed E-state index contributed by atoms with van der Waals surface area (Å²) >= 11 is 3.24. The molecule has 0 atom stereocenters. The van der Waals surface area contributed by atoms with Crippen molar-refractivity contribution in [1.29, 1.82) is 0 Å². The minimum absolute atomic E-state index is 0.845. The SMILES string of the molecule is Cc1csc(-c2ccc(N)s2)n1. The van der Waals surface area contributed by atoms with Crippen molar-refractivity contribution in [2.75, 3.05) is 5.73 Å². The van der Waals surface area contributed by atoms with Crippen LogP contribution in [0, 0.1) is 6.92 Å². The summed E-state index contributed by atoms with van der Waals surface area (Å²) in [5.41, 5.74) is 6.69. The Morgan fingerprint density at radius 2 is 2.25 bits per heavy atom. The second kappa shape index (κ2) is 2.88. The van der Waals surface area contributed by atoms with E-state index >= 15 is 0 Å². The summed E-state index contributed by atoms with van der Waals surface area (Å²) in [6.07, 6.45) is 0. The number of thiazole rings is 1. The molecule has 2 heterocycles. The molecule has 0 aromatic carbocycles. The Morgan fingerprint density at radius 3 is 2.75 bits per heavy atom. The Morgan fingerprint density at radius 1 is 1.42 bits per heavy atom. The molecule has 2 aromatic rings. The summed E-state index contributed by atoms with van der Waals surface area (Å²) in [4.78, 5) is 5.53. The summed E-state index contributed by atoms with van der Waals surface area (Å²) in [5.74, 6) is 0. The van der Waals surface area contributed by atoms with E-state index in [4.69, 9.17) is 5.73 Å². The highest BCUT2D eigenvalue weighted by atomic mass is 32.1. The monoisotopic (exact) mass is 196 g/mol. The fourth-order valence-electron chi connectivity index (χ4n) is 0.935. The van der Waals surface area contributed by atoms with Gasteiger partial charge in [-0.3, -0.25) is 0 Å². The van der Waals surface area contributed by atoms with E-state index in [9.17, 15) is 0 Å². The van der Waals surface area contributed by atoms with Gasteiger partial charge in [-0.25, -0.2) is 4.98 Å². The maximum atomic E-state index is 5.62. The quantitative estimate of drug-likeness (QED) is 0.761. The third-order valence-corrected chi connectivity index (χ3v) is 3.50. The lowest BCUT2D eigenvalue weighted by Crippen LogP contribution is -1.73. The number of nitrogens with two attached hydrogens (primary N) is 1. The number of nitrogen functional groups attached to an aromatic ring is 1. The van der Waals surface area contributed by atoms with E-state index in [1.54, 1.807) is 22.7 Å². The van der Waals surface area contributed by atoms with Gasteiger partial charge < -0.3 is 5.73 Å². The van der Waals surface area contributed by atoms with Crippen LogP contribution in [0.25, 0.3) is 9.88 Å². The molecule has 62 valence electrons. The first-order valence-corrected chi connectivity index (χ1v) is 5.23. The van der Waals surface area contributed by atoms with Gasteiger partial charge in [0.05, 0.1) is 9.88 Å². The van der Waals surface area contributed by atoms with Gasteiger partial charge in [0.25, 0.3) is 0 Å². The van der Waals surface area contributed by atoms with Crippen molar-refractivity contribution in [2.45, 2.75) is 6.92 Å². The topological polar surface area (TPSA) is 38.9 Å². The van der Waals surface area contributed by atoms with Crippen molar-refractivity contribution < 1.29 is 0 Å². The predicted octanol–water partition coefficient (Wildman–Crippen LogP) is 2.76. The highest BCUT2D eigenvalue weighted by Crippen LogP contribution is 2.31. The van der Waals surface area contributed by atoms with Crippen molar-refractivity contribution >= 4 is 27.7 Å². The molecule has 0 spiro atoms. The Kier molecular flexibility index (Phi) is 1.86. The number of rotatable bonds is 1. The minimum atomic E-state index is 0.845. The zero-order valence-corrected chi connectivity index (χ0v) is 8.21. The fourth-order valence-corrected chi connectivity index (χ4v) is 2.58. The van der Waals surface area contributed by atoms with Gasteiger partial charge >= 0.3 is 0 Å². The van der Waals surface area contributed by atoms with Gasteiger partial charge in [0, 0.05) is 11.1 Å². The lowest BCUT2D eigenvalue weighted by atomic mass is 10.5. The molecule has 2 nitrogen and oxygen atoms in total. The zero-order valence-electron chi connectivity index (χ0n) is 6.57. The molecule has 0 aliphatic rings. The molecule has 0 aliphatic carbocycles. The molecule has 2 N–H and O–H groups in total. The van der Waals surface area contributed by atoms with Gasteiger partial charge in [0.1, 0.15) is 5.01 Å². The zero-order chi connectivity index (χ0) is 8.55. The summed E-state index contributed by atoms with van der Waals surface area (Å²) in [6.45, 7) is 2.00. The van der Waals surface area contributed by atoms with Crippen LogP contribution in [-0.2, 0) is 0 Å². The van der Waals surface area contributed by atoms with E-state index < -0.39 is 0 Å². The number of aryl methyl sites for hydroxylation is 1. The van der Waals surface area contributed by atoms with Crippen LogP contribution in [0.3, 0.4) is 0 Å². The van der Waals surface area contributed by atoms with Crippen molar-refractivity contribution in [2.24, 2.45) is 0 Å². The van der Waals surface area contributed by atoms with Crippen LogP contribution in [0.2, 0.25) is 0 Å². The maximum absolute atomic E-state index is 5.62. The van der Waals surface area contributed by atoms with Gasteiger partial charge in [-0.2, -0.15) is 0 Å². The van der Waals surface area contributed by atoms with Gasteiger partial charge in [0.2, 0.25) is 0 Å². The normalized spacial score (nSPS) is 10.4. The molecular weight excluding hydrogens is 188 g/mol. The first kappa shape index (κ1) is 7.76. The maximum Gasteiger partial charge on any atom is 0.133 e. The summed E-state index contributed by atoms with van der Waals surface area (Å²) in [7, 11) is 0. The second-order valence-corrected chi connectivity index (χ2v) is 4.47. The van der Waals surface area contributed by atoms with E-state index in [1.165, 1.54) is 0 Å². The van der Waals surface area contributed by atoms with Crippen LogP contribution in [-0.4, -0.2) is 4.98 Å². The number of anilines is 1. The third kappa shape index (κ3) is 1.35. The van der Waals surface area contributed by atoms with E-state index in [0.717, 1.165) is 20.6 Å². The lowest BCUT2D eigenvalue weighted by Gasteiger charge is -1.85. The molecule has 0 amide bonds. The van der Waals surface area contributed by atoms with E-state index in [0.29, 0.717) is 0 Å². The first-order chi connectivity index (χ1) is 5.75. The predicted molar refractivity (Wildman–Crippen MR) is 54.6 cm³/mol. The smallest absolute Gasteiger partial charge is 0.133 e. The third-order valence-electron chi connectivity index (χ3n) is 1.46. The Bertz CT molecular complexity index is 351. The summed E-state index contributed by atoms with van der Waals surface area (Å²) in [5, 5.41) is 3.96. The van der Waals surface area contributed by atoms with Crippen LogP contribution < -0.4 is 5.73 Å². The Labute approximate surface area is 78.7 Å².